The molecule has 0 bridgehead atoms. The molecule has 2 aromatic rings. The van der Waals surface area contributed by atoms with Gasteiger partial charge in [-0.1, -0.05) is 0 Å². The quantitative estimate of drug-likeness (QED) is 0.299. The summed E-state index contributed by atoms with van der Waals surface area (Å²) in [6.07, 6.45) is 5.13. The van der Waals surface area contributed by atoms with E-state index >= 15 is 0 Å². The summed E-state index contributed by atoms with van der Waals surface area (Å²) < 4.78 is 5.39. The molecule has 0 amide bonds. The summed E-state index contributed by atoms with van der Waals surface area (Å²) >= 11 is 4.54. The number of hydrogen-bond acceptors (Lipinski definition) is 7. The number of ether oxygens (including phenoxy) is 1. The number of halogens is 1. The number of nitro groups is 1. The summed E-state index contributed by atoms with van der Waals surface area (Å²) in [6.45, 7) is 2.02. The number of phenolic OH excluding ortho intramolecular Hbond substituents is 1. The monoisotopic (exact) mass is 452 g/mol. The van der Waals surface area contributed by atoms with Crippen molar-refractivity contribution in [2.75, 3.05) is 6.61 Å². The lowest BCUT2D eigenvalue weighted by molar-refractivity contribution is -0.385. The van der Waals surface area contributed by atoms with Gasteiger partial charge in [-0.3, -0.25) is 10.1 Å². The first-order valence-corrected chi connectivity index (χ1v) is 10.1. The topological polar surface area (TPSA) is 102 Å². The van der Waals surface area contributed by atoms with Crippen LogP contribution in [0.25, 0.3) is 0 Å². The predicted molar refractivity (Wildman–Crippen MR) is 107 cm³/mol. The summed E-state index contributed by atoms with van der Waals surface area (Å²) in [5.41, 5.74) is 1.48. The number of hydrogen-bond donors (Lipinski definition) is 1. The molecular formula is C18H17BrN2O5S. The molecule has 0 atom stereocenters. The van der Waals surface area contributed by atoms with Crippen LogP contribution in [0.1, 0.15) is 46.1 Å². The Hall–Kier alpha value is -2.26. The molecular weight excluding hydrogens is 436 g/mol. The highest BCUT2D eigenvalue weighted by molar-refractivity contribution is 9.10. The predicted octanol–water partition coefficient (Wildman–Crippen LogP) is 4.93. The van der Waals surface area contributed by atoms with Gasteiger partial charge in [-0.2, -0.15) is 0 Å². The van der Waals surface area contributed by atoms with Crippen molar-refractivity contribution in [1.82, 2.24) is 0 Å². The number of aliphatic imine (C=N–C) groups is 1. The largest absolute Gasteiger partial charge is 0.506 e. The number of benzene rings is 1. The fraction of sp³-hybridized carbons (Fsp3) is 0.333. The van der Waals surface area contributed by atoms with Crippen LogP contribution >= 0.6 is 27.3 Å². The van der Waals surface area contributed by atoms with E-state index in [1.165, 1.54) is 29.7 Å². The molecule has 0 radical (unpaired) electrons. The first kappa shape index (κ1) is 19.5. The van der Waals surface area contributed by atoms with Crippen LogP contribution in [0.5, 0.6) is 5.75 Å². The third-order valence-corrected chi connectivity index (χ3v) is 6.05. The summed E-state index contributed by atoms with van der Waals surface area (Å²) in [4.78, 5) is 28.4. The molecule has 142 valence electrons. The van der Waals surface area contributed by atoms with E-state index in [9.17, 15) is 20.0 Å². The number of carbonyl (C=O) groups excluding carboxylic acids is 1. The van der Waals surface area contributed by atoms with Crippen molar-refractivity contribution in [3.05, 3.63) is 48.3 Å². The maximum Gasteiger partial charge on any atom is 0.341 e. The van der Waals surface area contributed by atoms with Crippen LogP contribution in [-0.4, -0.2) is 28.8 Å². The second-order valence-corrected chi connectivity index (χ2v) is 7.93. The van der Waals surface area contributed by atoms with Gasteiger partial charge >= 0.3 is 5.97 Å². The number of phenols is 1. The van der Waals surface area contributed by atoms with Crippen molar-refractivity contribution in [3.63, 3.8) is 0 Å². The zero-order chi connectivity index (χ0) is 19.6. The second-order valence-electron chi connectivity index (χ2n) is 5.99. The van der Waals surface area contributed by atoms with Gasteiger partial charge in [-0.05, 0) is 54.1 Å². The van der Waals surface area contributed by atoms with Crippen LogP contribution < -0.4 is 0 Å². The van der Waals surface area contributed by atoms with Crippen molar-refractivity contribution < 1.29 is 19.6 Å². The SMILES string of the molecule is CCOC(=O)c1c(/N=C/c2cc([N+](=O)[O-])cc(Br)c2O)sc2c1CCCC2. The average Bonchev–Trinajstić information content (AvgIpc) is 3.01. The van der Waals surface area contributed by atoms with Gasteiger partial charge in [0.25, 0.3) is 5.69 Å². The number of non-ortho nitro benzene ring substituents is 1. The van der Waals surface area contributed by atoms with E-state index in [0.29, 0.717) is 10.6 Å². The van der Waals surface area contributed by atoms with E-state index < -0.39 is 10.9 Å². The number of rotatable bonds is 5. The van der Waals surface area contributed by atoms with E-state index in [0.717, 1.165) is 36.1 Å². The van der Waals surface area contributed by atoms with Crippen molar-refractivity contribution in [2.45, 2.75) is 32.6 Å². The fourth-order valence-corrected chi connectivity index (χ4v) is 4.68. The molecule has 1 aromatic heterocycles. The zero-order valence-electron chi connectivity index (χ0n) is 14.5. The standard InChI is InChI=1S/C18H17BrN2O5S/c1-2-26-18(23)15-12-5-3-4-6-14(12)27-17(15)20-9-10-7-11(21(24)25)8-13(19)16(10)22/h7-9,22H,2-6H2,1H3/b20-9+. The highest BCUT2D eigenvalue weighted by Gasteiger charge is 2.26. The first-order valence-electron chi connectivity index (χ1n) is 8.45. The fourth-order valence-electron chi connectivity index (χ4n) is 2.99. The van der Waals surface area contributed by atoms with Crippen LogP contribution in [0.3, 0.4) is 0 Å². The van der Waals surface area contributed by atoms with Gasteiger partial charge in [-0.25, -0.2) is 9.79 Å². The van der Waals surface area contributed by atoms with Crippen LogP contribution in [-0.2, 0) is 17.6 Å². The summed E-state index contributed by atoms with van der Waals surface area (Å²) in [7, 11) is 0. The number of nitrogens with zero attached hydrogens (tertiary/aromatic N) is 2. The number of thiophene rings is 1. The lowest BCUT2D eigenvalue weighted by Crippen LogP contribution is -2.09. The summed E-state index contributed by atoms with van der Waals surface area (Å²) in [5, 5.41) is 21.7. The Kier molecular flexibility index (Phi) is 5.91. The second kappa shape index (κ2) is 8.18. The van der Waals surface area contributed by atoms with Crippen LogP contribution in [0.2, 0.25) is 0 Å². The van der Waals surface area contributed by atoms with Gasteiger partial charge < -0.3 is 9.84 Å². The smallest absolute Gasteiger partial charge is 0.341 e. The van der Waals surface area contributed by atoms with Gasteiger partial charge in [0.2, 0.25) is 0 Å². The van der Waals surface area contributed by atoms with Gasteiger partial charge in [0.15, 0.2) is 0 Å². The molecule has 9 heteroatoms. The average molecular weight is 453 g/mol. The number of fused-ring (bicyclic) bond motifs is 1. The lowest BCUT2D eigenvalue weighted by atomic mass is 9.95. The van der Waals surface area contributed by atoms with E-state index in [2.05, 4.69) is 20.9 Å². The van der Waals surface area contributed by atoms with E-state index in [-0.39, 0.29) is 28.1 Å². The Bertz CT molecular complexity index is 938. The molecule has 27 heavy (non-hydrogen) atoms. The maximum absolute atomic E-state index is 12.4. The molecule has 1 aliphatic carbocycles. The molecule has 0 spiro atoms. The van der Waals surface area contributed by atoms with E-state index in [1.807, 2.05) is 0 Å². The molecule has 1 heterocycles. The minimum absolute atomic E-state index is 0.150. The molecule has 0 fully saturated rings. The first-order chi connectivity index (χ1) is 12.9. The third-order valence-electron chi connectivity index (χ3n) is 4.24. The van der Waals surface area contributed by atoms with Crippen molar-refractivity contribution in [2.24, 2.45) is 4.99 Å². The number of aromatic hydroxyl groups is 1. The highest BCUT2D eigenvalue weighted by atomic mass is 79.9. The number of esters is 1. The van der Waals surface area contributed by atoms with Gasteiger partial charge in [-0.15, -0.1) is 11.3 Å². The van der Waals surface area contributed by atoms with Gasteiger partial charge in [0, 0.05) is 28.8 Å². The Labute approximate surface area is 168 Å². The molecule has 0 aliphatic heterocycles. The minimum Gasteiger partial charge on any atom is -0.506 e. The van der Waals surface area contributed by atoms with Gasteiger partial charge in [0.05, 0.1) is 21.6 Å². The third kappa shape index (κ3) is 4.03. The Morgan fingerprint density at radius 1 is 1.44 bits per heavy atom. The molecule has 0 saturated carbocycles. The normalized spacial score (nSPS) is 13.6. The van der Waals surface area contributed by atoms with Crippen molar-refractivity contribution in [1.29, 1.82) is 0 Å². The molecule has 1 aliphatic rings. The van der Waals surface area contributed by atoms with E-state index in [1.54, 1.807) is 6.92 Å². The molecule has 0 unspecified atom stereocenters. The highest BCUT2D eigenvalue weighted by Crippen LogP contribution is 2.40. The molecule has 1 aromatic carbocycles. The Morgan fingerprint density at radius 2 is 2.19 bits per heavy atom. The maximum atomic E-state index is 12.4. The molecule has 0 saturated heterocycles. The molecule has 1 N–H and O–H groups in total. The number of aryl methyl sites for hydroxylation is 1. The number of nitro benzene ring substituents is 1. The molecule has 7 nitrogen and oxygen atoms in total. The Balaban J connectivity index is 2.04. The molecule has 3 rings (SSSR count). The summed E-state index contributed by atoms with van der Waals surface area (Å²) in [5.74, 6) is -0.558. The van der Waals surface area contributed by atoms with Crippen LogP contribution in [0.15, 0.2) is 21.6 Å². The van der Waals surface area contributed by atoms with Gasteiger partial charge in [0.1, 0.15) is 10.8 Å². The van der Waals surface area contributed by atoms with Crippen LogP contribution in [0.4, 0.5) is 10.7 Å². The lowest BCUT2D eigenvalue weighted by Gasteiger charge is -2.11. The van der Waals surface area contributed by atoms with E-state index in [4.69, 9.17) is 4.74 Å². The summed E-state index contributed by atoms with van der Waals surface area (Å²) in [6, 6.07) is 2.46. The van der Waals surface area contributed by atoms with Crippen LogP contribution in [0, 0.1) is 10.1 Å². The zero-order valence-corrected chi connectivity index (χ0v) is 16.9. The van der Waals surface area contributed by atoms with Crippen molar-refractivity contribution in [3.8, 4) is 5.75 Å². The van der Waals surface area contributed by atoms with Crippen molar-refractivity contribution >= 4 is 50.1 Å². The Morgan fingerprint density at radius 3 is 2.89 bits per heavy atom. The minimum atomic E-state index is -0.546. The number of carbonyl (C=O) groups is 1.